The highest BCUT2D eigenvalue weighted by Gasteiger charge is 2.49. The quantitative estimate of drug-likeness (QED) is 0.0609. The van der Waals surface area contributed by atoms with Gasteiger partial charge in [0.2, 0.25) is 0 Å². The van der Waals surface area contributed by atoms with E-state index in [0.29, 0.717) is 6.54 Å². The second kappa shape index (κ2) is 29.3. The van der Waals surface area contributed by atoms with Crippen LogP contribution in [0.25, 0.3) is 0 Å². The van der Waals surface area contributed by atoms with E-state index in [-0.39, 0.29) is 0 Å². The normalized spacial score (nSPS) is 13.9. The van der Waals surface area contributed by atoms with E-state index in [1.54, 1.807) is 0 Å². The number of rotatable bonds is 26. The number of hydrogen-bond donors (Lipinski definition) is 4. The molecule has 0 radical (unpaired) electrons. The molecule has 0 fully saturated rings. The molecule has 356 valence electrons. The Morgan fingerprint density at radius 1 is 0.310 bits per heavy atom. The van der Waals surface area contributed by atoms with Gasteiger partial charge in [0.15, 0.2) is 66.5 Å². The smallest absolute Gasteiger partial charge is 0.456 e. The predicted molar refractivity (Wildman–Crippen MR) is 284 cm³/mol. The lowest BCUT2D eigenvalue weighted by atomic mass is 10.5. The summed E-state index contributed by atoms with van der Waals surface area (Å²) in [6.07, 6.45) is 4.15. The average molecular weight is 1000 g/mol. The second-order valence-corrected chi connectivity index (χ2v) is 65.8. The van der Waals surface area contributed by atoms with E-state index >= 15 is 0 Å². The van der Waals surface area contributed by atoms with Gasteiger partial charge in [0.25, 0.3) is 0 Å². The lowest BCUT2D eigenvalue weighted by Crippen LogP contribution is -2.60. The minimum absolute atomic E-state index is 0.661. The Kier molecular flexibility index (Phi) is 33.5. The summed E-state index contributed by atoms with van der Waals surface area (Å²) >= 11 is 0. The van der Waals surface area contributed by atoms with Crippen LogP contribution in [-0.2, 0) is 29.1 Å². The topological polar surface area (TPSA) is 169 Å². The zero-order valence-corrected chi connectivity index (χ0v) is 53.4. The molecule has 0 spiro atoms. The van der Waals surface area contributed by atoms with E-state index in [4.69, 9.17) is 52.1 Å². The van der Waals surface area contributed by atoms with Crippen molar-refractivity contribution in [1.82, 2.24) is 0 Å². The molecule has 0 aromatic carbocycles. The zero-order valence-electron chi connectivity index (χ0n) is 43.4. The SMILES string of the molecule is CCO[Si](C)(C)CCCN.C[Si](C)(C)O[Si](C)(C)CCCN.C[Si](C)(C)O[Si](C)(CCCN)O[Si](C)(C)C.C[Si](C)(C)O[Si](CCCN)(O[Si](C)(C)C)O[Si](C)(C)C. The third kappa shape index (κ3) is 48.8. The van der Waals surface area contributed by atoms with Crippen molar-refractivity contribution in [2.75, 3.05) is 32.8 Å². The second-order valence-electron chi connectivity index (χ2n) is 22.6. The molecule has 0 rings (SSSR count). The molecular formula is C37H106N4O7Si10. The lowest BCUT2D eigenvalue weighted by Gasteiger charge is -2.42. The van der Waals surface area contributed by atoms with Gasteiger partial charge < -0.3 is 52.1 Å². The van der Waals surface area contributed by atoms with Crippen molar-refractivity contribution in [2.24, 2.45) is 22.9 Å². The van der Waals surface area contributed by atoms with E-state index < -0.39 is 83.9 Å². The molecule has 0 amide bonds. The molecular weight excluding hydrogens is 893 g/mol. The predicted octanol–water partition coefficient (Wildman–Crippen LogP) is 10.9. The van der Waals surface area contributed by atoms with E-state index in [9.17, 15) is 0 Å². The molecule has 0 aromatic rings. The summed E-state index contributed by atoms with van der Waals surface area (Å²) in [7, 11) is -16.8. The molecule has 8 N–H and O–H groups in total. The van der Waals surface area contributed by atoms with Crippen LogP contribution in [0.3, 0.4) is 0 Å². The summed E-state index contributed by atoms with van der Waals surface area (Å²) < 4.78 is 44.0. The molecule has 58 heavy (non-hydrogen) atoms. The van der Waals surface area contributed by atoms with Gasteiger partial charge >= 0.3 is 17.4 Å². The van der Waals surface area contributed by atoms with E-state index in [1.165, 1.54) is 12.1 Å². The highest BCUT2D eigenvalue weighted by atomic mass is 28.5. The van der Waals surface area contributed by atoms with Gasteiger partial charge in [0, 0.05) is 12.7 Å². The molecule has 0 bridgehead atoms. The third-order valence-corrected chi connectivity index (χ3v) is 37.5. The average Bonchev–Trinajstić information content (AvgIpc) is 2.92. The highest BCUT2D eigenvalue weighted by molar-refractivity contribution is 6.90. The summed E-state index contributed by atoms with van der Waals surface area (Å²) in [6.45, 7) is 57.2. The molecule has 0 saturated carbocycles. The van der Waals surface area contributed by atoms with E-state index in [2.05, 4.69) is 158 Å². The summed E-state index contributed by atoms with van der Waals surface area (Å²) in [5, 5.41) is 0. The summed E-state index contributed by atoms with van der Waals surface area (Å²) in [5.74, 6) is 0. The van der Waals surface area contributed by atoms with Gasteiger partial charge in [-0.25, -0.2) is 0 Å². The Morgan fingerprint density at radius 3 is 0.828 bits per heavy atom. The summed E-state index contributed by atoms with van der Waals surface area (Å²) in [6, 6.07) is 4.27. The van der Waals surface area contributed by atoms with Crippen LogP contribution in [0.4, 0.5) is 0 Å². The fourth-order valence-electron chi connectivity index (χ4n) is 6.17. The molecule has 0 saturated heterocycles. The molecule has 0 aliphatic heterocycles. The first-order valence-corrected chi connectivity index (χ1v) is 53.3. The zero-order chi connectivity index (χ0) is 47.1. The van der Waals surface area contributed by atoms with Gasteiger partial charge in [-0.3, -0.25) is 0 Å². The summed E-state index contributed by atoms with van der Waals surface area (Å²) in [4.78, 5) is 0. The van der Waals surface area contributed by atoms with Gasteiger partial charge in [-0.1, -0.05) is 0 Å². The van der Waals surface area contributed by atoms with Crippen LogP contribution >= 0.6 is 0 Å². The van der Waals surface area contributed by atoms with Gasteiger partial charge in [-0.2, -0.15) is 0 Å². The first kappa shape index (κ1) is 66.3. The van der Waals surface area contributed by atoms with Crippen molar-refractivity contribution in [3.05, 3.63) is 0 Å². The monoisotopic (exact) mass is 999 g/mol. The highest BCUT2D eigenvalue weighted by Crippen LogP contribution is 2.30. The van der Waals surface area contributed by atoms with Gasteiger partial charge in [0.1, 0.15) is 0 Å². The fraction of sp³-hybridized carbons (Fsp3) is 1.00. The van der Waals surface area contributed by atoms with Crippen LogP contribution in [0.5, 0.6) is 0 Å². The minimum Gasteiger partial charge on any atom is -0.456 e. The molecule has 0 unspecified atom stereocenters. The maximum absolute atomic E-state index is 6.53. The lowest BCUT2D eigenvalue weighted by molar-refractivity contribution is 0.251. The Bertz CT molecular complexity index is 972. The maximum Gasteiger partial charge on any atom is 0.469 e. The van der Waals surface area contributed by atoms with Gasteiger partial charge in [0.05, 0.1) is 0 Å². The standard InChI is InChI=1S/C12H35NO3Si4.C10H29NO2Si3.C8H23NOSi2.C7H19NOSi/c1-17(2,3)14-20(12-10-11-13,15-18(4,5)6)16-19(7,8)9;1-14(2,3)12-16(7,10-8-9-11)13-15(4,5)6;1-11(2,3)10-12(4,5)8-6-7-9;1-4-9-10(2,3)7-5-6-8/h10-13H2,1-9H3;8-11H2,1-7H3;6-9H2,1-5H3;4-8H2,1-3H3. The molecule has 0 aliphatic carbocycles. The van der Waals surface area contributed by atoms with Crippen molar-refractivity contribution >= 4 is 83.9 Å². The number of nitrogens with two attached hydrogens (primary N) is 4. The Hall–Kier alpha value is 1.73. The van der Waals surface area contributed by atoms with Crippen LogP contribution in [-0.4, -0.2) is 117 Å². The third-order valence-electron chi connectivity index (χ3n) is 7.03. The van der Waals surface area contributed by atoms with Crippen molar-refractivity contribution in [3.63, 3.8) is 0 Å². The van der Waals surface area contributed by atoms with Crippen LogP contribution in [0.1, 0.15) is 32.6 Å². The van der Waals surface area contributed by atoms with Crippen molar-refractivity contribution in [3.8, 4) is 0 Å². The first-order chi connectivity index (χ1) is 25.5. The fourth-order valence-corrected chi connectivity index (χ4v) is 43.5. The van der Waals surface area contributed by atoms with E-state index in [0.717, 1.165) is 64.0 Å². The maximum atomic E-state index is 6.53. The van der Waals surface area contributed by atoms with Crippen LogP contribution in [0, 0.1) is 0 Å². The first-order valence-electron chi connectivity index (χ1n) is 22.2. The van der Waals surface area contributed by atoms with Crippen molar-refractivity contribution in [1.29, 1.82) is 0 Å². The van der Waals surface area contributed by atoms with Crippen LogP contribution in [0.15, 0.2) is 0 Å². The minimum atomic E-state index is -2.62. The molecule has 0 aromatic heterocycles. The molecule has 0 aliphatic rings. The summed E-state index contributed by atoms with van der Waals surface area (Å²) in [5.41, 5.74) is 22.2. The van der Waals surface area contributed by atoms with Crippen LogP contribution < -0.4 is 22.9 Å². The largest absolute Gasteiger partial charge is 0.469 e. The van der Waals surface area contributed by atoms with Gasteiger partial charge in [-0.05, 0) is 227 Å². The van der Waals surface area contributed by atoms with Gasteiger partial charge in [-0.15, -0.1) is 0 Å². The Balaban J connectivity index is -0.000000347. The Morgan fingerprint density at radius 2 is 0.569 bits per heavy atom. The van der Waals surface area contributed by atoms with Crippen molar-refractivity contribution in [2.45, 2.75) is 207 Å². The molecule has 21 heteroatoms. The van der Waals surface area contributed by atoms with Crippen LogP contribution in [0.2, 0.25) is 175 Å². The molecule has 11 nitrogen and oxygen atoms in total. The number of hydrogen-bond acceptors (Lipinski definition) is 11. The Labute approximate surface area is 373 Å². The molecule has 0 heterocycles. The molecule has 0 atom stereocenters. The van der Waals surface area contributed by atoms with E-state index in [1.807, 2.05) is 0 Å². The van der Waals surface area contributed by atoms with Crippen molar-refractivity contribution < 1.29 is 29.1 Å².